The molecule has 2 rings (SSSR count). The smallest absolute Gasteiger partial charge is 0.293 e. The van der Waals surface area contributed by atoms with Gasteiger partial charge in [-0.05, 0) is 61.4 Å². The molecule has 4 nitrogen and oxygen atoms in total. The lowest BCUT2D eigenvalue weighted by atomic mass is 10.1. The summed E-state index contributed by atoms with van der Waals surface area (Å²) in [6.45, 7) is 5.79. The SMILES string of the molecule is CC[C@H](C)N1C(=O)S/C(=C/c2ccc(OC)c(C)c2)C1=O. The minimum Gasteiger partial charge on any atom is -0.496 e. The average molecular weight is 305 g/mol. The Kier molecular flexibility index (Phi) is 4.73. The molecule has 0 aliphatic carbocycles. The summed E-state index contributed by atoms with van der Waals surface area (Å²) in [6.07, 6.45) is 2.52. The summed E-state index contributed by atoms with van der Waals surface area (Å²) in [5, 5.41) is -0.189. The third-order valence-electron chi connectivity index (χ3n) is 3.57. The van der Waals surface area contributed by atoms with E-state index in [0.29, 0.717) is 4.91 Å². The number of nitrogens with zero attached hydrogens (tertiary/aromatic N) is 1. The Balaban J connectivity index is 2.28. The van der Waals surface area contributed by atoms with E-state index in [9.17, 15) is 9.59 Å². The highest BCUT2D eigenvalue weighted by Crippen LogP contribution is 2.34. The second kappa shape index (κ2) is 6.35. The van der Waals surface area contributed by atoms with E-state index in [0.717, 1.165) is 35.1 Å². The van der Waals surface area contributed by atoms with Gasteiger partial charge in [0.15, 0.2) is 0 Å². The van der Waals surface area contributed by atoms with Crippen molar-refractivity contribution in [2.45, 2.75) is 33.2 Å². The second-order valence-electron chi connectivity index (χ2n) is 5.04. The van der Waals surface area contributed by atoms with Crippen molar-refractivity contribution in [3.05, 3.63) is 34.2 Å². The van der Waals surface area contributed by atoms with Crippen molar-refractivity contribution in [1.29, 1.82) is 0 Å². The summed E-state index contributed by atoms with van der Waals surface area (Å²) in [4.78, 5) is 26.1. The van der Waals surface area contributed by atoms with E-state index < -0.39 is 0 Å². The van der Waals surface area contributed by atoms with Crippen molar-refractivity contribution in [2.75, 3.05) is 7.11 Å². The molecule has 1 aliphatic rings. The lowest BCUT2D eigenvalue weighted by Crippen LogP contribution is -2.36. The van der Waals surface area contributed by atoms with Crippen LogP contribution >= 0.6 is 11.8 Å². The molecule has 0 aromatic heterocycles. The Bertz CT molecular complexity index is 610. The standard InChI is InChI=1S/C16H19NO3S/c1-5-11(3)17-15(18)14(21-16(17)19)9-12-6-7-13(20-4)10(2)8-12/h6-9,11H,5H2,1-4H3/b14-9+/t11-/m0/s1. The van der Waals surface area contributed by atoms with Crippen LogP contribution in [0.3, 0.4) is 0 Å². The van der Waals surface area contributed by atoms with Gasteiger partial charge in [-0.1, -0.05) is 13.0 Å². The van der Waals surface area contributed by atoms with Crippen molar-refractivity contribution in [1.82, 2.24) is 4.90 Å². The number of methoxy groups -OCH3 is 1. The Morgan fingerprint density at radius 1 is 1.38 bits per heavy atom. The third kappa shape index (κ3) is 3.13. The molecule has 1 aliphatic heterocycles. The number of aryl methyl sites for hydroxylation is 1. The molecule has 1 saturated heterocycles. The van der Waals surface area contributed by atoms with Crippen LogP contribution in [0.1, 0.15) is 31.4 Å². The molecule has 1 atom stereocenters. The van der Waals surface area contributed by atoms with E-state index in [1.54, 1.807) is 13.2 Å². The van der Waals surface area contributed by atoms with Crippen molar-refractivity contribution < 1.29 is 14.3 Å². The minimum atomic E-state index is -0.201. The predicted molar refractivity (Wildman–Crippen MR) is 85.3 cm³/mol. The molecule has 0 spiro atoms. The highest BCUT2D eigenvalue weighted by Gasteiger charge is 2.37. The summed E-state index contributed by atoms with van der Waals surface area (Å²) in [5.41, 5.74) is 1.88. The number of hydrogen-bond acceptors (Lipinski definition) is 4. The molecule has 0 N–H and O–H groups in total. The van der Waals surface area contributed by atoms with Crippen molar-refractivity contribution >= 4 is 29.0 Å². The molecule has 1 heterocycles. The molecule has 21 heavy (non-hydrogen) atoms. The van der Waals surface area contributed by atoms with Crippen LogP contribution in [0.4, 0.5) is 4.79 Å². The van der Waals surface area contributed by atoms with Gasteiger partial charge in [0.2, 0.25) is 0 Å². The van der Waals surface area contributed by atoms with Crippen LogP contribution in [-0.2, 0) is 4.79 Å². The largest absolute Gasteiger partial charge is 0.496 e. The van der Waals surface area contributed by atoms with E-state index in [-0.39, 0.29) is 17.2 Å². The van der Waals surface area contributed by atoms with Gasteiger partial charge in [0.1, 0.15) is 5.75 Å². The fourth-order valence-corrected chi connectivity index (χ4v) is 3.12. The van der Waals surface area contributed by atoms with Gasteiger partial charge in [0, 0.05) is 6.04 Å². The van der Waals surface area contributed by atoms with Gasteiger partial charge < -0.3 is 4.74 Å². The predicted octanol–water partition coefficient (Wildman–Crippen LogP) is 3.84. The van der Waals surface area contributed by atoms with Gasteiger partial charge in [0.25, 0.3) is 11.1 Å². The molecule has 2 amide bonds. The zero-order valence-corrected chi connectivity index (χ0v) is 13.5. The summed E-state index contributed by atoms with van der Waals surface area (Å²) in [6, 6.07) is 5.61. The van der Waals surface area contributed by atoms with E-state index in [1.807, 2.05) is 39.0 Å². The number of imide groups is 1. The topological polar surface area (TPSA) is 46.6 Å². The second-order valence-corrected chi connectivity index (χ2v) is 6.03. The first-order valence-corrected chi connectivity index (χ1v) is 7.71. The Morgan fingerprint density at radius 3 is 2.67 bits per heavy atom. The van der Waals surface area contributed by atoms with E-state index in [4.69, 9.17) is 4.74 Å². The van der Waals surface area contributed by atoms with Gasteiger partial charge >= 0.3 is 0 Å². The average Bonchev–Trinajstić information content (AvgIpc) is 2.73. The molecule has 112 valence electrons. The van der Waals surface area contributed by atoms with E-state index in [1.165, 1.54) is 4.90 Å². The molecule has 1 aromatic carbocycles. The van der Waals surface area contributed by atoms with Crippen molar-refractivity contribution in [2.24, 2.45) is 0 Å². The van der Waals surface area contributed by atoms with Crippen LogP contribution in [0, 0.1) is 6.92 Å². The van der Waals surface area contributed by atoms with Gasteiger partial charge in [-0.15, -0.1) is 0 Å². The van der Waals surface area contributed by atoms with Crippen LogP contribution in [0.25, 0.3) is 6.08 Å². The van der Waals surface area contributed by atoms with Crippen LogP contribution in [0.2, 0.25) is 0 Å². The van der Waals surface area contributed by atoms with E-state index in [2.05, 4.69) is 0 Å². The molecule has 0 unspecified atom stereocenters. The van der Waals surface area contributed by atoms with Gasteiger partial charge in [0.05, 0.1) is 12.0 Å². The third-order valence-corrected chi connectivity index (χ3v) is 4.46. The van der Waals surface area contributed by atoms with Crippen LogP contribution in [0.5, 0.6) is 5.75 Å². The number of ether oxygens (including phenoxy) is 1. The van der Waals surface area contributed by atoms with Crippen LogP contribution in [0.15, 0.2) is 23.1 Å². The first-order valence-electron chi connectivity index (χ1n) is 6.89. The van der Waals surface area contributed by atoms with Gasteiger partial charge in [-0.3, -0.25) is 14.5 Å². The highest BCUT2D eigenvalue weighted by molar-refractivity contribution is 8.18. The van der Waals surface area contributed by atoms with Crippen molar-refractivity contribution in [3.63, 3.8) is 0 Å². The fraction of sp³-hybridized carbons (Fsp3) is 0.375. The molecule has 0 bridgehead atoms. The van der Waals surface area contributed by atoms with E-state index >= 15 is 0 Å². The maximum Gasteiger partial charge on any atom is 0.293 e. The zero-order valence-electron chi connectivity index (χ0n) is 12.7. The molecule has 0 saturated carbocycles. The first kappa shape index (κ1) is 15.6. The monoisotopic (exact) mass is 305 g/mol. The van der Waals surface area contributed by atoms with Gasteiger partial charge in [-0.2, -0.15) is 0 Å². The minimum absolute atomic E-state index is 0.0685. The Labute approximate surface area is 129 Å². The zero-order chi connectivity index (χ0) is 15.6. The Hall–Kier alpha value is -1.75. The normalized spacial score (nSPS) is 18.5. The molecule has 1 aromatic rings. The fourth-order valence-electron chi connectivity index (χ4n) is 2.19. The number of amides is 2. The number of benzene rings is 1. The molecular formula is C16H19NO3S. The van der Waals surface area contributed by atoms with Crippen LogP contribution < -0.4 is 4.74 Å². The maximum absolute atomic E-state index is 12.3. The molecule has 0 radical (unpaired) electrons. The van der Waals surface area contributed by atoms with Crippen molar-refractivity contribution in [3.8, 4) is 5.75 Å². The lowest BCUT2D eigenvalue weighted by molar-refractivity contribution is -0.124. The molecule has 1 fully saturated rings. The number of hydrogen-bond donors (Lipinski definition) is 0. The maximum atomic E-state index is 12.3. The number of carbonyl (C=O) groups excluding carboxylic acids is 2. The number of thioether (sulfide) groups is 1. The first-order chi connectivity index (χ1) is 9.97. The summed E-state index contributed by atoms with van der Waals surface area (Å²) in [5.74, 6) is 0.604. The Morgan fingerprint density at radius 2 is 2.10 bits per heavy atom. The summed E-state index contributed by atoms with van der Waals surface area (Å²) < 4.78 is 5.22. The lowest BCUT2D eigenvalue weighted by Gasteiger charge is -2.19. The number of carbonyl (C=O) groups is 2. The number of rotatable bonds is 4. The molecular weight excluding hydrogens is 286 g/mol. The van der Waals surface area contributed by atoms with Gasteiger partial charge in [-0.25, -0.2) is 0 Å². The summed E-state index contributed by atoms with van der Waals surface area (Å²) >= 11 is 1.00. The quantitative estimate of drug-likeness (QED) is 0.793. The molecule has 5 heteroatoms. The highest BCUT2D eigenvalue weighted by atomic mass is 32.2. The van der Waals surface area contributed by atoms with Crippen LogP contribution in [-0.4, -0.2) is 29.2 Å². The summed E-state index contributed by atoms with van der Waals surface area (Å²) in [7, 11) is 1.62.